The van der Waals surface area contributed by atoms with Crippen LogP contribution < -0.4 is 10.2 Å². The molecule has 2 fully saturated rings. The van der Waals surface area contributed by atoms with Crippen LogP contribution in [0.3, 0.4) is 0 Å². The van der Waals surface area contributed by atoms with E-state index >= 15 is 0 Å². The van der Waals surface area contributed by atoms with Crippen molar-refractivity contribution in [1.29, 1.82) is 0 Å². The molecule has 2 N–H and O–H groups in total. The number of piperazine rings is 1. The molecule has 9 heteroatoms. The predicted molar refractivity (Wildman–Crippen MR) is 103 cm³/mol. The highest BCUT2D eigenvalue weighted by molar-refractivity contribution is 7.17. The monoisotopic (exact) mass is 389 g/mol. The molecular formula is C18H23N5O3S. The van der Waals surface area contributed by atoms with Gasteiger partial charge in [-0.15, -0.1) is 11.3 Å². The number of amides is 2. The van der Waals surface area contributed by atoms with Gasteiger partial charge in [0.25, 0.3) is 0 Å². The van der Waals surface area contributed by atoms with E-state index in [-0.39, 0.29) is 18.0 Å². The summed E-state index contributed by atoms with van der Waals surface area (Å²) in [7, 11) is 0. The van der Waals surface area contributed by atoms with Gasteiger partial charge >= 0.3 is 12.0 Å². The van der Waals surface area contributed by atoms with E-state index in [1.165, 1.54) is 0 Å². The summed E-state index contributed by atoms with van der Waals surface area (Å²) in [6, 6.07) is 2.03. The number of nitrogens with zero attached hydrogens (tertiary/aromatic N) is 4. The molecule has 27 heavy (non-hydrogen) atoms. The van der Waals surface area contributed by atoms with Crippen molar-refractivity contribution in [2.75, 3.05) is 31.1 Å². The second-order valence-corrected chi connectivity index (χ2v) is 8.06. The van der Waals surface area contributed by atoms with Crippen LogP contribution in [0.2, 0.25) is 0 Å². The fourth-order valence-corrected chi connectivity index (χ4v) is 4.73. The van der Waals surface area contributed by atoms with Gasteiger partial charge in [0.1, 0.15) is 12.1 Å². The number of carbonyl (C=O) groups is 2. The Bertz CT molecular complexity index is 825. The molecule has 1 saturated heterocycles. The Hall–Kier alpha value is -2.42. The van der Waals surface area contributed by atoms with E-state index in [9.17, 15) is 9.59 Å². The largest absolute Gasteiger partial charge is 0.481 e. The van der Waals surface area contributed by atoms with Gasteiger partial charge in [0.05, 0.1) is 16.1 Å². The third-order valence-corrected chi connectivity index (χ3v) is 6.39. The van der Waals surface area contributed by atoms with Crippen molar-refractivity contribution in [2.45, 2.75) is 31.7 Å². The summed E-state index contributed by atoms with van der Waals surface area (Å²) < 4.78 is 1.09. The number of carboxylic acid groups (broad SMARTS) is 1. The van der Waals surface area contributed by atoms with Crippen LogP contribution in [0, 0.1) is 5.92 Å². The Balaban J connectivity index is 1.30. The first-order valence-corrected chi connectivity index (χ1v) is 10.2. The SMILES string of the molecule is O=C(O)C1CCC(NC(=O)N2CCN(c3ncnc4ccsc34)CC2)CC1. The lowest BCUT2D eigenvalue weighted by molar-refractivity contribution is -0.142. The minimum absolute atomic E-state index is 0.0441. The number of carboxylic acids is 1. The first-order chi connectivity index (χ1) is 13.1. The number of fused-ring (bicyclic) bond motifs is 1. The van der Waals surface area contributed by atoms with E-state index in [1.807, 2.05) is 16.3 Å². The molecular weight excluding hydrogens is 366 g/mol. The van der Waals surface area contributed by atoms with Gasteiger partial charge in [-0.25, -0.2) is 14.8 Å². The van der Waals surface area contributed by atoms with E-state index in [4.69, 9.17) is 5.11 Å². The van der Waals surface area contributed by atoms with Crippen LogP contribution in [-0.4, -0.2) is 64.2 Å². The van der Waals surface area contributed by atoms with Crippen LogP contribution in [0.15, 0.2) is 17.8 Å². The summed E-state index contributed by atoms with van der Waals surface area (Å²) in [4.78, 5) is 36.4. The number of hydrogen-bond donors (Lipinski definition) is 2. The van der Waals surface area contributed by atoms with Gasteiger partial charge in [-0.05, 0) is 37.1 Å². The molecule has 144 valence electrons. The van der Waals surface area contributed by atoms with Crippen molar-refractivity contribution >= 4 is 39.4 Å². The van der Waals surface area contributed by atoms with Crippen LogP contribution >= 0.6 is 11.3 Å². The first-order valence-electron chi connectivity index (χ1n) is 9.33. The van der Waals surface area contributed by atoms with Crippen LogP contribution in [0.25, 0.3) is 10.2 Å². The summed E-state index contributed by atoms with van der Waals surface area (Å²) in [5, 5.41) is 14.2. The third kappa shape index (κ3) is 3.83. The maximum absolute atomic E-state index is 12.6. The zero-order valence-electron chi connectivity index (χ0n) is 15.0. The van der Waals surface area contributed by atoms with Crippen LogP contribution in [0.5, 0.6) is 0 Å². The summed E-state index contributed by atoms with van der Waals surface area (Å²) in [5.74, 6) is -0.0360. The lowest BCUT2D eigenvalue weighted by Crippen LogP contribution is -2.54. The van der Waals surface area contributed by atoms with Gasteiger partial charge in [0.2, 0.25) is 0 Å². The minimum atomic E-state index is -0.722. The molecule has 2 aromatic rings. The van der Waals surface area contributed by atoms with Crippen molar-refractivity contribution in [1.82, 2.24) is 20.2 Å². The van der Waals surface area contributed by atoms with Crippen LogP contribution in [0.4, 0.5) is 10.6 Å². The van der Waals surface area contributed by atoms with Gasteiger partial charge in [-0.3, -0.25) is 4.79 Å². The van der Waals surface area contributed by atoms with Crippen LogP contribution in [0.1, 0.15) is 25.7 Å². The van der Waals surface area contributed by atoms with E-state index in [1.54, 1.807) is 17.7 Å². The minimum Gasteiger partial charge on any atom is -0.481 e. The standard InChI is InChI=1S/C18H23N5O3S/c24-17(25)12-1-3-13(4-2-12)21-18(26)23-8-6-22(7-9-23)16-15-14(5-10-27-15)19-11-20-16/h5,10-13H,1-4,6-9H2,(H,21,26)(H,24,25). The smallest absolute Gasteiger partial charge is 0.317 e. The van der Waals surface area contributed by atoms with E-state index in [0.29, 0.717) is 25.9 Å². The lowest BCUT2D eigenvalue weighted by Gasteiger charge is -2.36. The van der Waals surface area contributed by atoms with Crippen molar-refractivity contribution in [3.63, 3.8) is 0 Å². The average Bonchev–Trinajstić information content (AvgIpc) is 3.17. The predicted octanol–water partition coefficient (Wildman–Crippen LogP) is 2.17. The second kappa shape index (κ2) is 7.67. The number of aromatic nitrogens is 2. The maximum atomic E-state index is 12.6. The molecule has 1 aliphatic carbocycles. The van der Waals surface area contributed by atoms with Gasteiger partial charge in [-0.1, -0.05) is 0 Å². The number of nitrogens with one attached hydrogen (secondary N) is 1. The van der Waals surface area contributed by atoms with Crippen molar-refractivity contribution in [3.8, 4) is 0 Å². The molecule has 1 saturated carbocycles. The Morgan fingerprint density at radius 1 is 1.11 bits per heavy atom. The zero-order valence-corrected chi connectivity index (χ0v) is 15.8. The Labute approximate surface area is 161 Å². The van der Waals surface area contributed by atoms with Crippen molar-refractivity contribution in [2.24, 2.45) is 5.92 Å². The van der Waals surface area contributed by atoms with Crippen molar-refractivity contribution in [3.05, 3.63) is 17.8 Å². The summed E-state index contributed by atoms with van der Waals surface area (Å²) in [5.41, 5.74) is 0.960. The fraction of sp³-hybridized carbons (Fsp3) is 0.556. The molecule has 0 aromatic carbocycles. The summed E-state index contributed by atoms with van der Waals surface area (Å²) in [6.07, 6.45) is 4.34. The molecule has 4 rings (SSSR count). The molecule has 1 aliphatic heterocycles. The molecule has 2 aromatic heterocycles. The number of rotatable bonds is 3. The number of urea groups is 1. The number of anilines is 1. The number of aliphatic carboxylic acids is 1. The lowest BCUT2D eigenvalue weighted by atomic mass is 9.86. The molecule has 0 unspecified atom stereocenters. The zero-order chi connectivity index (χ0) is 18.8. The highest BCUT2D eigenvalue weighted by Gasteiger charge is 2.29. The third-order valence-electron chi connectivity index (χ3n) is 5.49. The summed E-state index contributed by atoms with van der Waals surface area (Å²) in [6.45, 7) is 2.77. The molecule has 0 atom stereocenters. The van der Waals surface area contributed by atoms with Gasteiger partial charge < -0.3 is 20.2 Å². The highest BCUT2D eigenvalue weighted by Crippen LogP contribution is 2.28. The molecule has 2 aliphatic rings. The van der Waals surface area contributed by atoms with E-state index in [0.717, 1.165) is 42.0 Å². The molecule has 3 heterocycles. The Morgan fingerprint density at radius 2 is 1.85 bits per heavy atom. The van der Waals surface area contributed by atoms with E-state index < -0.39 is 5.97 Å². The molecule has 2 amide bonds. The number of thiophene rings is 1. The second-order valence-electron chi connectivity index (χ2n) is 7.14. The molecule has 0 spiro atoms. The van der Waals surface area contributed by atoms with Gasteiger partial charge in [0, 0.05) is 32.2 Å². The molecule has 8 nitrogen and oxygen atoms in total. The Kier molecular flexibility index (Phi) is 5.11. The molecule has 0 radical (unpaired) electrons. The fourth-order valence-electron chi connectivity index (χ4n) is 3.87. The normalized spacial score (nSPS) is 23.4. The number of carbonyl (C=O) groups excluding carboxylic acids is 1. The summed E-state index contributed by atoms with van der Waals surface area (Å²) >= 11 is 1.64. The first kappa shape index (κ1) is 18.0. The maximum Gasteiger partial charge on any atom is 0.317 e. The van der Waals surface area contributed by atoms with Crippen molar-refractivity contribution < 1.29 is 14.7 Å². The number of hydrogen-bond acceptors (Lipinski definition) is 6. The van der Waals surface area contributed by atoms with Gasteiger partial charge in [-0.2, -0.15) is 0 Å². The van der Waals surface area contributed by atoms with E-state index in [2.05, 4.69) is 20.2 Å². The van der Waals surface area contributed by atoms with Crippen LogP contribution in [-0.2, 0) is 4.79 Å². The average molecular weight is 389 g/mol. The topological polar surface area (TPSA) is 98.7 Å². The van der Waals surface area contributed by atoms with Gasteiger partial charge in [0.15, 0.2) is 0 Å². The molecule has 0 bridgehead atoms. The Morgan fingerprint density at radius 3 is 2.56 bits per heavy atom. The quantitative estimate of drug-likeness (QED) is 0.835. The highest BCUT2D eigenvalue weighted by atomic mass is 32.1.